The van der Waals surface area contributed by atoms with Gasteiger partial charge in [0.2, 0.25) is 0 Å². The van der Waals surface area contributed by atoms with Crippen molar-refractivity contribution in [2.75, 3.05) is 18.3 Å². The third-order valence-corrected chi connectivity index (χ3v) is 4.96. The van der Waals surface area contributed by atoms with Gasteiger partial charge in [-0.1, -0.05) is 18.2 Å². The van der Waals surface area contributed by atoms with Crippen LogP contribution in [0.2, 0.25) is 0 Å². The van der Waals surface area contributed by atoms with E-state index in [4.69, 9.17) is 5.41 Å². The first-order chi connectivity index (χ1) is 11.0. The van der Waals surface area contributed by atoms with Crippen LogP contribution in [-0.4, -0.2) is 41.2 Å². The Morgan fingerprint density at radius 1 is 1.35 bits per heavy atom. The minimum Gasteiger partial charge on any atom is -0.301 e. The number of nitriles is 1. The summed E-state index contributed by atoms with van der Waals surface area (Å²) in [6, 6.07) is 11.3. The number of anilines is 1. The van der Waals surface area contributed by atoms with E-state index in [0.29, 0.717) is 10.7 Å². The second-order valence-corrected chi connectivity index (χ2v) is 6.17. The van der Waals surface area contributed by atoms with Gasteiger partial charge < -0.3 is 5.41 Å². The molecule has 0 spiro atoms. The summed E-state index contributed by atoms with van der Waals surface area (Å²) >= 11 is 1.27. The third-order valence-electron chi connectivity index (χ3n) is 4.27. The summed E-state index contributed by atoms with van der Waals surface area (Å²) in [6.45, 7) is 1.75. The van der Waals surface area contributed by atoms with Gasteiger partial charge in [-0.05, 0) is 25.3 Å². The number of fused-ring (bicyclic) bond motifs is 1. The zero-order chi connectivity index (χ0) is 16.8. The van der Waals surface area contributed by atoms with Crippen molar-refractivity contribution < 1.29 is 4.79 Å². The lowest BCUT2D eigenvalue weighted by Gasteiger charge is -2.36. The number of nitrogens with zero attached hydrogens (tertiary/aromatic N) is 4. The number of amides is 1. The predicted molar refractivity (Wildman–Crippen MR) is 91.4 cm³/mol. The fourth-order valence-electron chi connectivity index (χ4n) is 2.85. The van der Waals surface area contributed by atoms with Crippen molar-refractivity contribution in [2.24, 2.45) is 4.99 Å². The van der Waals surface area contributed by atoms with Crippen LogP contribution in [0, 0.1) is 16.7 Å². The number of rotatable bonds is 2. The molecule has 3 rings (SSSR count). The largest absolute Gasteiger partial charge is 0.301 e. The van der Waals surface area contributed by atoms with E-state index >= 15 is 0 Å². The fourth-order valence-corrected chi connectivity index (χ4v) is 3.39. The summed E-state index contributed by atoms with van der Waals surface area (Å²) < 4.78 is 0. The minimum absolute atomic E-state index is 0.101. The number of nitrogens with one attached hydrogen (secondary N) is 1. The average molecular weight is 325 g/mol. The summed E-state index contributed by atoms with van der Waals surface area (Å²) in [7, 11) is 1.74. The van der Waals surface area contributed by atoms with Gasteiger partial charge in [-0.15, -0.1) is 11.8 Å². The molecule has 0 aromatic heterocycles. The Bertz CT molecular complexity index is 808. The molecule has 0 bridgehead atoms. The lowest BCUT2D eigenvalue weighted by Crippen LogP contribution is -2.55. The van der Waals surface area contributed by atoms with Crippen LogP contribution in [-0.2, 0) is 4.79 Å². The van der Waals surface area contributed by atoms with Crippen molar-refractivity contribution in [1.82, 2.24) is 5.01 Å². The highest BCUT2D eigenvalue weighted by Gasteiger charge is 2.57. The van der Waals surface area contributed by atoms with E-state index in [2.05, 4.69) is 11.1 Å². The molecule has 1 N–H and O–H groups in total. The van der Waals surface area contributed by atoms with E-state index in [9.17, 15) is 10.1 Å². The van der Waals surface area contributed by atoms with Crippen molar-refractivity contribution in [1.29, 1.82) is 10.7 Å². The first kappa shape index (κ1) is 15.5. The van der Waals surface area contributed by atoms with Crippen LogP contribution in [0.4, 0.5) is 5.69 Å². The lowest BCUT2D eigenvalue weighted by molar-refractivity contribution is -0.113. The molecule has 2 aliphatic rings. The molecule has 2 heterocycles. The standard InChI is InChI=1S/C16H15N5OS/c1-16-12(18)11(9-17)14(23-3)19-13(16)15(22)21(20(16)2)10-7-5-4-6-8-10/h4-8,18H,1-3H3. The van der Waals surface area contributed by atoms with E-state index in [0.717, 1.165) is 0 Å². The predicted octanol–water partition coefficient (Wildman–Crippen LogP) is 2.21. The number of carbonyl (C=O) groups is 1. The Balaban J connectivity index is 2.18. The van der Waals surface area contributed by atoms with Gasteiger partial charge in [0.25, 0.3) is 5.91 Å². The molecular weight excluding hydrogens is 310 g/mol. The zero-order valence-corrected chi connectivity index (χ0v) is 13.8. The Hall–Kier alpha value is -2.43. The molecule has 116 valence electrons. The summed E-state index contributed by atoms with van der Waals surface area (Å²) in [5.41, 5.74) is 0.256. The van der Waals surface area contributed by atoms with E-state index < -0.39 is 5.54 Å². The van der Waals surface area contributed by atoms with Crippen molar-refractivity contribution in [3.63, 3.8) is 0 Å². The molecule has 1 atom stereocenters. The second-order valence-electron chi connectivity index (χ2n) is 5.38. The number of thioether (sulfide) groups is 1. The van der Waals surface area contributed by atoms with E-state index in [1.54, 1.807) is 25.2 Å². The quantitative estimate of drug-likeness (QED) is 0.903. The lowest BCUT2D eigenvalue weighted by atomic mass is 9.85. The first-order valence-electron chi connectivity index (χ1n) is 6.97. The van der Waals surface area contributed by atoms with Crippen LogP contribution in [0.25, 0.3) is 0 Å². The van der Waals surface area contributed by atoms with Crippen LogP contribution in [0.3, 0.4) is 0 Å². The van der Waals surface area contributed by atoms with Crippen LogP contribution >= 0.6 is 11.8 Å². The molecule has 0 aliphatic carbocycles. The van der Waals surface area contributed by atoms with Crippen LogP contribution in [0.15, 0.2) is 45.9 Å². The number of para-hydroxylation sites is 1. The van der Waals surface area contributed by atoms with Gasteiger partial charge in [0.15, 0.2) is 0 Å². The topological polar surface area (TPSA) is 83.5 Å². The number of hydrogen-bond donors (Lipinski definition) is 1. The molecule has 6 nitrogen and oxygen atoms in total. The summed E-state index contributed by atoms with van der Waals surface area (Å²) in [5.74, 6) is -0.269. The summed E-state index contributed by atoms with van der Waals surface area (Å²) in [6.07, 6.45) is 1.78. The van der Waals surface area contributed by atoms with Crippen molar-refractivity contribution in [3.05, 3.63) is 40.9 Å². The molecule has 2 aliphatic heterocycles. The SMILES string of the molecule is CSC1=C(C#N)C(=N)C2(C)C(=N1)C(=O)N(c1ccccc1)N2C. The molecule has 1 saturated heterocycles. The van der Waals surface area contributed by atoms with Crippen LogP contribution < -0.4 is 5.01 Å². The highest BCUT2D eigenvalue weighted by atomic mass is 32.2. The number of hydrogen-bond acceptors (Lipinski definition) is 6. The molecule has 0 saturated carbocycles. The third kappa shape index (κ3) is 1.96. The van der Waals surface area contributed by atoms with Gasteiger partial charge in [-0.2, -0.15) is 10.3 Å². The molecular formula is C16H15N5OS. The normalized spacial score (nSPS) is 24.6. The Labute approximate surface area is 138 Å². The first-order valence-corrected chi connectivity index (χ1v) is 8.19. The smallest absolute Gasteiger partial charge is 0.289 e. The highest BCUT2D eigenvalue weighted by Crippen LogP contribution is 2.39. The summed E-state index contributed by atoms with van der Waals surface area (Å²) in [4.78, 5) is 17.3. The maximum atomic E-state index is 12.9. The van der Waals surface area contributed by atoms with Gasteiger partial charge in [-0.3, -0.25) is 4.79 Å². The monoisotopic (exact) mass is 325 g/mol. The van der Waals surface area contributed by atoms with Crippen molar-refractivity contribution >= 4 is 34.8 Å². The van der Waals surface area contributed by atoms with Gasteiger partial charge in [-0.25, -0.2) is 10.0 Å². The van der Waals surface area contributed by atoms with Gasteiger partial charge >= 0.3 is 0 Å². The van der Waals surface area contributed by atoms with E-state index in [-0.39, 0.29) is 22.9 Å². The van der Waals surface area contributed by atoms with Gasteiger partial charge in [0, 0.05) is 7.05 Å². The molecule has 1 aromatic rings. The van der Waals surface area contributed by atoms with Crippen LogP contribution in [0.5, 0.6) is 0 Å². The summed E-state index contributed by atoms with van der Waals surface area (Å²) in [5, 5.41) is 21.5. The van der Waals surface area contributed by atoms with E-state index in [1.165, 1.54) is 16.8 Å². The number of benzene rings is 1. The maximum Gasteiger partial charge on any atom is 0.289 e. The molecule has 1 aromatic carbocycles. The highest BCUT2D eigenvalue weighted by molar-refractivity contribution is 8.02. The molecule has 0 radical (unpaired) electrons. The minimum atomic E-state index is -1.04. The van der Waals surface area contributed by atoms with Crippen molar-refractivity contribution in [2.45, 2.75) is 12.5 Å². The Kier molecular flexibility index (Phi) is 3.59. The number of carbonyl (C=O) groups excluding carboxylic acids is 1. The van der Waals surface area contributed by atoms with Crippen LogP contribution in [0.1, 0.15) is 6.92 Å². The van der Waals surface area contributed by atoms with E-state index in [1.807, 2.05) is 30.3 Å². The number of hydrazine groups is 1. The van der Waals surface area contributed by atoms with Gasteiger partial charge in [0.05, 0.1) is 11.4 Å². The number of aliphatic imine (C=N–C) groups is 1. The van der Waals surface area contributed by atoms with Crippen molar-refractivity contribution in [3.8, 4) is 6.07 Å². The maximum absolute atomic E-state index is 12.9. The Morgan fingerprint density at radius 2 is 2.00 bits per heavy atom. The zero-order valence-electron chi connectivity index (χ0n) is 13.0. The molecule has 1 amide bonds. The average Bonchev–Trinajstić information content (AvgIpc) is 2.76. The molecule has 23 heavy (non-hydrogen) atoms. The van der Waals surface area contributed by atoms with Gasteiger partial charge in [0.1, 0.15) is 27.9 Å². The second kappa shape index (κ2) is 5.33. The fraction of sp³-hybridized carbons (Fsp3) is 0.250. The molecule has 1 fully saturated rings. The Morgan fingerprint density at radius 3 is 2.57 bits per heavy atom. The molecule has 1 unspecified atom stereocenters. The molecule has 7 heteroatoms.